The zero-order chi connectivity index (χ0) is 14.0. The van der Waals surface area contributed by atoms with Crippen LogP contribution in [0, 0.1) is 0 Å². The average molecular weight is 352 g/mol. The molecule has 0 aliphatic rings. The summed E-state index contributed by atoms with van der Waals surface area (Å²) in [5.74, 6) is -0.254. The molecule has 0 aliphatic carbocycles. The van der Waals surface area contributed by atoms with E-state index in [-0.39, 0.29) is 11.8 Å². The lowest BCUT2D eigenvalue weighted by Crippen LogP contribution is -2.17. The molecule has 2 rings (SSSR count). The molecule has 19 heavy (non-hydrogen) atoms. The topological polar surface area (TPSA) is 35.2 Å². The summed E-state index contributed by atoms with van der Waals surface area (Å²) in [6, 6.07) is 8.95. The van der Waals surface area contributed by atoms with E-state index in [1.54, 1.807) is 0 Å². The molecule has 0 aliphatic heterocycles. The molecule has 0 radical (unpaired) electrons. The van der Waals surface area contributed by atoms with Gasteiger partial charge in [0.05, 0.1) is 9.83 Å². The third-order valence-electron chi connectivity index (χ3n) is 2.37. The first-order valence-corrected chi connectivity index (χ1v) is 6.82. The van der Waals surface area contributed by atoms with Gasteiger partial charge in [0.2, 0.25) is 0 Å². The molecule has 0 saturated heterocycles. The van der Waals surface area contributed by atoms with Gasteiger partial charge in [-0.1, -0.05) is 12.1 Å². The van der Waals surface area contributed by atoms with Gasteiger partial charge in [0.25, 0.3) is 0 Å². The van der Waals surface area contributed by atoms with Crippen LogP contribution >= 0.6 is 27.3 Å². The number of hydrogen-bond acceptors (Lipinski definition) is 3. The highest BCUT2D eigenvalue weighted by atomic mass is 79.9. The van der Waals surface area contributed by atoms with Gasteiger partial charge in [-0.3, -0.25) is 0 Å². The lowest BCUT2D eigenvalue weighted by molar-refractivity contribution is -0.274. The van der Waals surface area contributed by atoms with E-state index in [4.69, 9.17) is 5.73 Å². The summed E-state index contributed by atoms with van der Waals surface area (Å²) in [6.45, 7) is 0. The lowest BCUT2D eigenvalue weighted by atomic mass is 10.1. The second-order valence-corrected chi connectivity index (χ2v) is 6.23. The van der Waals surface area contributed by atoms with Gasteiger partial charge in [0, 0.05) is 4.88 Å². The van der Waals surface area contributed by atoms with Crippen LogP contribution in [0.5, 0.6) is 5.75 Å². The normalized spacial score (nSPS) is 13.3. The number of halogens is 4. The van der Waals surface area contributed by atoms with Gasteiger partial charge < -0.3 is 10.5 Å². The SMILES string of the molecule is NC(c1ccc(OC(F)(F)F)cc1)c1ccc(Br)s1. The number of hydrogen-bond donors (Lipinski definition) is 1. The number of rotatable bonds is 3. The average Bonchev–Trinajstić information content (AvgIpc) is 2.74. The Kier molecular flexibility index (Phi) is 4.17. The standard InChI is InChI=1S/C12H9BrF3NOS/c13-10-6-5-9(19-10)11(17)7-1-3-8(4-2-7)18-12(14,15)16/h1-6,11H,17H2. The Bertz CT molecular complexity index is 553. The van der Waals surface area contributed by atoms with E-state index in [1.165, 1.54) is 35.6 Å². The quantitative estimate of drug-likeness (QED) is 0.885. The van der Waals surface area contributed by atoms with Crippen LogP contribution in [0.1, 0.15) is 16.5 Å². The van der Waals surface area contributed by atoms with E-state index in [9.17, 15) is 13.2 Å². The van der Waals surface area contributed by atoms with Crippen LogP contribution in [0.2, 0.25) is 0 Å². The Morgan fingerprint density at radius 3 is 2.21 bits per heavy atom. The molecule has 7 heteroatoms. The summed E-state index contributed by atoms with van der Waals surface area (Å²) >= 11 is 4.82. The molecule has 102 valence electrons. The van der Waals surface area contributed by atoms with Gasteiger partial charge in [0.15, 0.2) is 0 Å². The fourth-order valence-corrected chi connectivity index (χ4v) is 2.99. The van der Waals surface area contributed by atoms with Gasteiger partial charge in [-0.25, -0.2) is 0 Å². The minimum atomic E-state index is -4.68. The molecular weight excluding hydrogens is 343 g/mol. The van der Waals surface area contributed by atoms with E-state index >= 15 is 0 Å². The van der Waals surface area contributed by atoms with E-state index in [0.29, 0.717) is 0 Å². The first kappa shape index (κ1) is 14.4. The van der Waals surface area contributed by atoms with Crippen LogP contribution in [0.4, 0.5) is 13.2 Å². The summed E-state index contributed by atoms with van der Waals surface area (Å²) < 4.78 is 40.8. The van der Waals surface area contributed by atoms with Gasteiger partial charge in [-0.15, -0.1) is 24.5 Å². The van der Waals surface area contributed by atoms with Crippen LogP contribution in [-0.4, -0.2) is 6.36 Å². The maximum Gasteiger partial charge on any atom is 0.573 e. The molecule has 0 amide bonds. The highest BCUT2D eigenvalue weighted by Gasteiger charge is 2.31. The molecule has 2 nitrogen and oxygen atoms in total. The van der Waals surface area contributed by atoms with Crippen molar-refractivity contribution in [1.82, 2.24) is 0 Å². The maximum atomic E-state index is 12.0. The van der Waals surface area contributed by atoms with Gasteiger partial charge >= 0.3 is 6.36 Å². The minimum Gasteiger partial charge on any atom is -0.406 e. The van der Waals surface area contributed by atoms with Crippen molar-refractivity contribution in [3.63, 3.8) is 0 Å². The number of thiophene rings is 1. The van der Waals surface area contributed by atoms with Gasteiger partial charge in [-0.05, 0) is 45.8 Å². The van der Waals surface area contributed by atoms with E-state index in [2.05, 4.69) is 20.7 Å². The van der Waals surface area contributed by atoms with Crippen LogP contribution in [0.3, 0.4) is 0 Å². The van der Waals surface area contributed by atoms with Crippen molar-refractivity contribution in [3.05, 3.63) is 50.6 Å². The van der Waals surface area contributed by atoms with Crippen LogP contribution in [0.15, 0.2) is 40.2 Å². The van der Waals surface area contributed by atoms with Crippen molar-refractivity contribution in [2.24, 2.45) is 5.73 Å². The highest BCUT2D eigenvalue weighted by Crippen LogP contribution is 2.31. The minimum absolute atomic E-state index is 0.254. The molecule has 0 bridgehead atoms. The molecule has 0 saturated carbocycles. The lowest BCUT2D eigenvalue weighted by Gasteiger charge is -2.12. The molecule has 1 unspecified atom stereocenters. The van der Waals surface area contributed by atoms with Gasteiger partial charge in [-0.2, -0.15) is 0 Å². The number of nitrogens with two attached hydrogens (primary N) is 1. The Morgan fingerprint density at radius 1 is 1.11 bits per heavy atom. The summed E-state index contributed by atoms with van der Waals surface area (Å²) in [7, 11) is 0. The Balaban J connectivity index is 2.14. The highest BCUT2D eigenvalue weighted by molar-refractivity contribution is 9.11. The van der Waals surface area contributed by atoms with Crippen molar-refractivity contribution in [1.29, 1.82) is 0 Å². The monoisotopic (exact) mass is 351 g/mol. The first-order chi connectivity index (χ1) is 8.85. The zero-order valence-electron chi connectivity index (χ0n) is 9.45. The number of alkyl halides is 3. The third-order valence-corrected chi connectivity index (χ3v) is 4.08. The van der Waals surface area contributed by atoms with E-state index in [0.717, 1.165) is 14.2 Å². The Hall–Kier alpha value is -1.05. The fourth-order valence-electron chi connectivity index (χ4n) is 1.54. The molecule has 0 fully saturated rings. The third kappa shape index (κ3) is 3.95. The summed E-state index contributed by atoms with van der Waals surface area (Å²) in [5, 5.41) is 0. The molecule has 2 aromatic rings. The summed E-state index contributed by atoms with van der Waals surface area (Å²) in [5.41, 5.74) is 6.76. The second kappa shape index (κ2) is 5.52. The summed E-state index contributed by atoms with van der Waals surface area (Å²) in [6.07, 6.45) is -4.68. The fraction of sp³-hybridized carbons (Fsp3) is 0.167. The van der Waals surface area contributed by atoms with Gasteiger partial charge in [0.1, 0.15) is 5.75 Å². The molecular formula is C12H9BrF3NOS. The molecule has 0 spiro atoms. The smallest absolute Gasteiger partial charge is 0.406 e. The van der Waals surface area contributed by atoms with Crippen LogP contribution < -0.4 is 10.5 Å². The number of ether oxygens (including phenoxy) is 1. The maximum absolute atomic E-state index is 12.0. The first-order valence-electron chi connectivity index (χ1n) is 5.22. The summed E-state index contributed by atoms with van der Waals surface area (Å²) in [4.78, 5) is 0.927. The number of benzene rings is 1. The Morgan fingerprint density at radius 2 is 1.74 bits per heavy atom. The van der Waals surface area contributed by atoms with Crippen molar-refractivity contribution >= 4 is 27.3 Å². The van der Waals surface area contributed by atoms with Crippen molar-refractivity contribution in [2.45, 2.75) is 12.4 Å². The van der Waals surface area contributed by atoms with Crippen molar-refractivity contribution in [3.8, 4) is 5.75 Å². The molecule has 1 aromatic heterocycles. The predicted molar refractivity (Wildman–Crippen MR) is 71.2 cm³/mol. The van der Waals surface area contributed by atoms with E-state index in [1.807, 2.05) is 12.1 Å². The largest absolute Gasteiger partial charge is 0.573 e. The Labute approximate surface area is 120 Å². The second-order valence-electron chi connectivity index (χ2n) is 3.74. The molecule has 1 aromatic carbocycles. The zero-order valence-corrected chi connectivity index (χ0v) is 11.8. The van der Waals surface area contributed by atoms with Crippen LogP contribution in [0.25, 0.3) is 0 Å². The van der Waals surface area contributed by atoms with Crippen LogP contribution in [-0.2, 0) is 0 Å². The predicted octanol–water partition coefficient (Wildman–Crippen LogP) is 4.46. The molecule has 1 atom stereocenters. The van der Waals surface area contributed by atoms with E-state index < -0.39 is 6.36 Å². The van der Waals surface area contributed by atoms with Crippen molar-refractivity contribution < 1.29 is 17.9 Å². The molecule has 1 heterocycles. The van der Waals surface area contributed by atoms with Crippen molar-refractivity contribution in [2.75, 3.05) is 0 Å². The molecule has 2 N–H and O–H groups in total.